The number of nitrogens with two attached hydrogens (primary N) is 1. The summed E-state index contributed by atoms with van der Waals surface area (Å²) in [5.41, 5.74) is 4.81. The summed E-state index contributed by atoms with van der Waals surface area (Å²) in [6.07, 6.45) is 1.21. The van der Waals surface area contributed by atoms with Gasteiger partial charge in [-0.2, -0.15) is 0 Å². The number of amides is 1. The number of carbonyl (C=O) groups is 1. The Hall–Kier alpha value is -1.30. The highest BCUT2D eigenvalue weighted by atomic mass is 16.5. The van der Waals surface area contributed by atoms with Crippen LogP contribution in [0, 0.1) is 10.8 Å². The van der Waals surface area contributed by atoms with Gasteiger partial charge in [-0.3, -0.25) is 9.79 Å². The monoisotopic (exact) mass is 284 g/mol. The van der Waals surface area contributed by atoms with Crippen LogP contribution < -0.4 is 16.4 Å². The predicted molar refractivity (Wildman–Crippen MR) is 80.5 cm³/mol. The fourth-order valence-corrected chi connectivity index (χ4v) is 2.28. The van der Waals surface area contributed by atoms with Crippen LogP contribution in [0.2, 0.25) is 0 Å². The summed E-state index contributed by atoms with van der Waals surface area (Å²) in [5.74, 6) is 0.357. The zero-order valence-corrected chi connectivity index (χ0v) is 13.4. The van der Waals surface area contributed by atoms with Crippen molar-refractivity contribution in [1.29, 1.82) is 0 Å². The van der Waals surface area contributed by atoms with Gasteiger partial charge in [0.15, 0.2) is 5.96 Å². The molecule has 2 unspecified atom stereocenters. The summed E-state index contributed by atoms with van der Waals surface area (Å²) >= 11 is 0. The van der Waals surface area contributed by atoms with Gasteiger partial charge in [0, 0.05) is 32.2 Å². The molecule has 0 aliphatic heterocycles. The highest BCUT2D eigenvalue weighted by Gasteiger charge is 2.49. The van der Waals surface area contributed by atoms with Crippen LogP contribution >= 0.6 is 0 Å². The molecule has 4 N–H and O–H groups in total. The maximum Gasteiger partial charge on any atom is 0.224 e. The number of methoxy groups -OCH3 is 1. The molecule has 2 atom stereocenters. The summed E-state index contributed by atoms with van der Waals surface area (Å²) in [6, 6.07) is 0.301. The minimum Gasteiger partial charge on any atom is -0.381 e. The number of aliphatic imine (C=N–C) groups is 1. The second-order valence-electron chi connectivity index (χ2n) is 6.65. The third kappa shape index (κ3) is 3.42. The van der Waals surface area contributed by atoms with Gasteiger partial charge in [-0.15, -0.1) is 0 Å². The Morgan fingerprint density at radius 3 is 2.50 bits per heavy atom. The first-order valence-corrected chi connectivity index (χ1v) is 6.95. The van der Waals surface area contributed by atoms with Crippen LogP contribution in [0.25, 0.3) is 0 Å². The molecule has 0 aromatic rings. The van der Waals surface area contributed by atoms with E-state index in [1.807, 2.05) is 13.8 Å². The zero-order valence-electron chi connectivity index (χ0n) is 13.4. The Labute approximate surface area is 121 Å². The molecule has 20 heavy (non-hydrogen) atoms. The summed E-state index contributed by atoms with van der Waals surface area (Å²) in [5, 5.41) is 6.53. The fraction of sp³-hybridized carbons (Fsp3) is 0.857. The molecule has 0 heterocycles. The van der Waals surface area contributed by atoms with Gasteiger partial charge in [0.05, 0.1) is 11.5 Å². The molecular formula is C14H28N4O2. The first-order chi connectivity index (χ1) is 9.15. The lowest BCUT2D eigenvalue weighted by Crippen LogP contribution is -2.63. The van der Waals surface area contributed by atoms with Crippen LogP contribution in [0.1, 0.15) is 34.1 Å². The van der Waals surface area contributed by atoms with Crippen LogP contribution in [0.4, 0.5) is 0 Å². The molecule has 1 rings (SSSR count). The first-order valence-electron chi connectivity index (χ1n) is 6.95. The highest BCUT2D eigenvalue weighted by molar-refractivity contribution is 5.83. The Balaban J connectivity index is 2.53. The van der Waals surface area contributed by atoms with Gasteiger partial charge in [-0.05, 0) is 20.3 Å². The summed E-state index contributed by atoms with van der Waals surface area (Å²) in [6.45, 7) is 8.41. The van der Waals surface area contributed by atoms with Crippen molar-refractivity contribution in [3.05, 3.63) is 0 Å². The molecule has 0 saturated heterocycles. The Kier molecular flexibility index (Phi) is 5.02. The lowest BCUT2D eigenvalue weighted by Gasteiger charge is -2.51. The van der Waals surface area contributed by atoms with Gasteiger partial charge in [-0.25, -0.2) is 0 Å². The highest BCUT2D eigenvalue weighted by Crippen LogP contribution is 2.42. The smallest absolute Gasteiger partial charge is 0.224 e. The van der Waals surface area contributed by atoms with E-state index in [0.29, 0.717) is 18.5 Å². The number of rotatable bonds is 5. The van der Waals surface area contributed by atoms with Crippen molar-refractivity contribution >= 4 is 11.9 Å². The number of guanidine groups is 1. The average molecular weight is 284 g/mol. The normalized spacial score (nSPS) is 25.8. The molecule has 0 radical (unpaired) electrons. The lowest BCUT2D eigenvalue weighted by atomic mass is 9.64. The van der Waals surface area contributed by atoms with Crippen LogP contribution in [-0.4, -0.2) is 44.7 Å². The molecule has 0 bridgehead atoms. The molecule has 116 valence electrons. The van der Waals surface area contributed by atoms with E-state index in [1.54, 1.807) is 14.2 Å². The second kappa shape index (κ2) is 5.99. The number of hydrogen-bond acceptors (Lipinski definition) is 3. The summed E-state index contributed by atoms with van der Waals surface area (Å²) in [4.78, 5) is 15.5. The Morgan fingerprint density at radius 2 is 2.10 bits per heavy atom. The van der Waals surface area contributed by atoms with Crippen molar-refractivity contribution in [1.82, 2.24) is 10.6 Å². The molecule has 6 heteroatoms. The lowest BCUT2D eigenvalue weighted by molar-refractivity contribution is -0.125. The summed E-state index contributed by atoms with van der Waals surface area (Å²) in [7, 11) is 3.46. The van der Waals surface area contributed by atoms with E-state index in [1.165, 1.54) is 0 Å². The third-order valence-corrected chi connectivity index (χ3v) is 4.36. The molecule has 6 nitrogen and oxygen atoms in total. The Morgan fingerprint density at radius 1 is 1.50 bits per heavy atom. The van der Waals surface area contributed by atoms with Gasteiger partial charge < -0.3 is 21.1 Å². The quantitative estimate of drug-likeness (QED) is 0.506. The van der Waals surface area contributed by atoms with Crippen molar-refractivity contribution < 1.29 is 9.53 Å². The topological polar surface area (TPSA) is 88.7 Å². The van der Waals surface area contributed by atoms with Crippen molar-refractivity contribution in [3.63, 3.8) is 0 Å². The summed E-state index contributed by atoms with van der Waals surface area (Å²) < 4.78 is 5.43. The number of nitrogens with zero attached hydrogens (tertiary/aromatic N) is 1. The van der Waals surface area contributed by atoms with Gasteiger partial charge in [0.25, 0.3) is 0 Å². The second-order valence-corrected chi connectivity index (χ2v) is 6.65. The first kappa shape index (κ1) is 16.8. The van der Waals surface area contributed by atoms with Gasteiger partial charge in [0.1, 0.15) is 0 Å². The van der Waals surface area contributed by atoms with Crippen molar-refractivity contribution in [2.75, 3.05) is 20.7 Å². The molecular weight excluding hydrogens is 256 g/mol. The molecule has 1 aliphatic carbocycles. The molecule has 1 fully saturated rings. The number of primary amides is 1. The molecule has 0 aromatic carbocycles. The van der Waals surface area contributed by atoms with Crippen molar-refractivity contribution in [3.8, 4) is 0 Å². The minimum absolute atomic E-state index is 0.0611. The van der Waals surface area contributed by atoms with Crippen LogP contribution in [0.15, 0.2) is 4.99 Å². The molecule has 0 aromatic heterocycles. The maximum absolute atomic E-state index is 11.3. The standard InChI is InChI=1S/C14H28N4O2/c1-13(2,11(15)19)8-17-12(16-5)18-9-7-10(20-6)14(9,3)4/h9-10H,7-8H2,1-6H3,(H2,15,19)(H2,16,17,18). The van der Waals surface area contributed by atoms with E-state index in [-0.39, 0.29) is 17.4 Å². The largest absolute Gasteiger partial charge is 0.381 e. The van der Waals surface area contributed by atoms with E-state index >= 15 is 0 Å². The number of carbonyl (C=O) groups excluding carboxylic acids is 1. The predicted octanol–water partition coefficient (Wildman–Crippen LogP) is 0.476. The molecule has 1 saturated carbocycles. The van der Waals surface area contributed by atoms with Gasteiger partial charge in [0.2, 0.25) is 5.91 Å². The van der Waals surface area contributed by atoms with Crippen LogP contribution in [0.5, 0.6) is 0 Å². The van der Waals surface area contributed by atoms with Crippen LogP contribution in [0.3, 0.4) is 0 Å². The number of hydrogen-bond donors (Lipinski definition) is 3. The van der Waals surface area contributed by atoms with Gasteiger partial charge in [-0.1, -0.05) is 13.8 Å². The average Bonchev–Trinajstić information content (AvgIpc) is 2.36. The maximum atomic E-state index is 11.3. The van der Waals surface area contributed by atoms with Crippen molar-refractivity contribution in [2.45, 2.75) is 46.3 Å². The third-order valence-electron chi connectivity index (χ3n) is 4.36. The van der Waals surface area contributed by atoms with E-state index in [9.17, 15) is 4.79 Å². The van der Waals surface area contributed by atoms with E-state index in [2.05, 4.69) is 29.5 Å². The minimum atomic E-state index is -0.609. The van der Waals surface area contributed by atoms with E-state index < -0.39 is 5.41 Å². The number of nitrogens with one attached hydrogen (secondary N) is 2. The van der Waals surface area contributed by atoms with Crippen molar-refractivity contribution in [2.24, 2.45) is 21.6 Å². The number of ether oxygens (including phenoxy) is 1. The molecule has 1 amide bonds. The van der Waals surface area contributed by atoms with E-state index in [4.69, 9.17) is 10.5 Å². The zero-order chi connectivity index (χ0) is 15.6. The SMILES string of the molecule is CN=C(NCC(C)(C)C(N)=O)NC1CC(OC)C1(C)C. The van der Waals surface area contributed by atoms with Gasteiger partial charge >= 0.3 is 0 Å². The Bertz CT molecular complexity index is 391. The van der Waals surface area contributed by atoms with Crippen LogP contribution in [-0.2, 0) is 9.53 Å². The van der Waals surface area contributed by atoms with E-state index in [0.717, 1.165) is 6.42 Å². The molecule has 1 aliphatic rings. The molecule has 0 spiro atoms. The fourth-order valence-electron chi connectivity index (χ4n) is 2.28.